The molecule has 1 saturated carbocycles. The summed E-state index contributed by atoms with van der Waals surface area (Å²) < 4.78 is 2.08. The van der Waals surface area contributed by atoms with Crippen LogP contribution >= 0.6 is 0 Å². The molecule has 0 unspecified atom stereocenters. The summed E-state index contributed by atoms with van der Waals surface area (Å²) in [6.07, 6.45) is 5.72. The standard InChI is InChI=1S/C9H13N2/c1-3-11-9(8-4-5-8)7(2)6-10-11/h8H,3-5H2,1-2H3. The minimum Gasteiger partial charge on any atom is -0.269 e. The van der Waals surface area contributed by atoms with Gasteiger partial charge in [0.25, 0.3) is 0 Å². The summed E-state index contributed by atoms with van der Waals surface area (Å²) in [5.74, 6) is 0.800. The number of hydrogen-bond acceptors (Lipinski definition) is 1. The van der Waals surface area contributed by atoms with Gasteiger partial charge in [0.05, 0.1) is 0 Å². The number of rotatable bonds is 2. The van der Waals surface area contributed by atoms with Gasteiger partial charge in [-0.05, 0) is 26.7 Å². The molecule has 0 atom stereocenters. The van der Waals surface area contributed by atoms with Crippen molar-refractivity contribution in [3.8, 4) is 0 Å². The Morgan fingerprint density at radius 3 is 2.91 bits per heavy atom. The van der Waals surface area contributed by atoms with Crippen molar-refractivity contribution in [1.29, 1.82) is 0 Å². The highest BCUT2D eigenvalue weighted by molar-refractivity contribution is 5.23. The smallest absolute Gasteiger partial charge is 0.116 e. The van der Waals surface area contributed by atoms with Gasteiger partial charge in [0.2, 0.25) is 0 Å². The zero-order valence-electron chi connectivity index (χ0n) is 7.09. The Morgan fingerprint density at radius 2 is 2.36 bits per heavy atom. The highest BCUT2D eigenvalue weighted by Gasteiger charge is 2.28. The molecule has 0 aliphatic heterocycles. The second kappa shape index (κ2) is 2.36. The third-order valence-electron chi connectivity index (χ3n) is 2.26. The maximum Gasteiger partial charge on any atom is 0.116 e. The molecular weight excluding hydrogens is 136 g/mol. The zero-order chi connectivity index (χ0) is 7.84. The molecule has 0 aromatic carbocycles. The van der Waals surface area contributed by atoms with Gasteiger partial charge in [0, 0.05) is 23.7 Å². The van der Waals surface area contributed by atoms with Crippen molar-refractivity contribution < 1.29 is 0 Å². The van der Waals surface area contributed by atoms with E-state index in [1.54, 1.807) is 0 Å². The van der Waals surface area contributed by atoms with Crippen LogP contribution in [0.25, 0.3) is 0 Å². The van der Waals surface area contributed by atoms with E-state index in [4.69, 9.17) is 0 Å². The van der Waals surface area contributed by atoms with E-state index >= 15 is 0 Å². The van der Waals surface area contributed by atoms with E-state index in [2.05, 4.69) is 29.8 Å². The molecule has 1 aliphatic rings. The lowest BCUT2D eigenvalue weighted by molar-refractivity contribution is 0.621. The Labute approximate surface area is 67.2 Å². The number of hydrogen-bond donors (Lipinski definition) is 0. The van der Waals surface area contributed by atoms with E-state index in [0.29, 0.717) is 0 Å². The SMILES string of the molecule is CCn1n[c]c(C)c1C1CC1. The van der Waals surface area contributed by atoms with Crippen LogP contribution in [0.2, 0.25) is 0 Å². The molecule has 59 valence electrons. The molecule has 1 heterocycles. The highest BCUT2D eigenvalue weighted by atomic mass is 15.3. The van der Waals surface area contributed by atoms with Gasteiger partial charge in [-0.25, -0.2) is 0 Å². The van der Waals surface area contributed by atoms with Gasteiger partial charge in [0.15, 0.2) is 0 Å². The summed E-state index contributed by atoms with van der Waals surface area (Å²) in [6, 6.07) is 0. The van der Waals surface area contributed by atoms with Crippen LogP contribution in [0.3, 0.4) is 0 Å². The topological polar surface area (TPSA) is 17.8 Å². The van der Waals surface area contributed by atoms with Crippen molar-refractivity contribution in [3.05, 3.63) is 17.5 Å². The van der Waals surface area contributed by atoms with Crippen molar-refractivity contribution in [2.45, 2.75) is 39.2 Å². The van der Waals surface area contributed by atoms with Crippen LogP contribution in [0.5, 0.6) is 0 Å². The average molecular weight is 149 g/mol. The first kappa shape index (κ1) is 6.89. The molecule has 2 heteroatoms. The Hall–Kier alpha value is -0.790. The van der Waals surface area contributed by atoms with Crippen molar-refractivity contribution in [2.75, 3.05) is 0 Å². The van der Waals surface area contributed by atoms with Gasteiger partial charge in [-0.2, -0.15) is 5.10 Å². The highest BCUT2D eigenvalue weighted by Crippen LogP contribution is 2.41. The second-order valence-corrected chi connectivity index (χ2v) is 3.21. The van der Waals surface area contributed by atoms with Crippen molar-refractivity contribution >= 4 is 0 Å². The lowest BCUT2D eigenvalue weighted by Crippen LogP contribution is -2.01. The molecule has 0 N–H and O–H groups in total. The zero-order valence-corrected chi connectivity index (χ0v) is 7.09. The monoisotopic (exact) mass is 149 g/mol. The van der Waals surface area contributed by atoms with E-state index in [-0.39, 0.29) is 0 Å². The summed E-state index contributed by atoms with van der Waals surface area (Å²) >= 11 is 0. The first-order valence-electron chi connectivity index (χ1n) is 4.28. The Balaban J connectivity index is 2.38. The van der Waals surface area contributed by atoms with Crippen molar-refractivity contribution in [2.24, 2.45) is 0 Å². The predicted octanol–water partition coefficient (Wildman–Crippen LogP) is 1.89. The molecule has 11 heavy (non-hydrogen) atoms. The quantitative estimate of drug-likeness (QED) is 0.628. The first-order valence-corrected chi connectivity index (χ1v) is 4.28. The predicted molar refractivity (Wildman–Crippen MR) is 43.4 cm³/mol. The summed E-state index contributed by atoms with van der Waals surface area (Å²) in [5.41, 5.74) is 2.67. The second-order valence-electron chi connectivity index (χ2n) is 3.21. The number of nitrogens with zero attached hydrogens (tertiary/aromatic N) is 2. The molecule has 1 aliphatic carbocycles. The molecule has 1 fully saturated rings. The van der Waals surface area contributed by atoms with Crippen LogP contribution in [0.4, 0.5) is 0 Å². The maximum absolute atomic E-state index is 4.19. The first-order chi connectivity index (χ1) is 5.33. The number of aromatic nitrogens is 2. The summed E-state index contributed by atoms with van der Waals surface area (Å²) in [7, 11) is 0. The van der Waals surface area contributed by atoms with E-state index in [1.165, 1.54) is 24.1 Å². The molecular formula is C9H13N2. The molecule has 1 radical (unpaired) electrons. The normalized spacial score (nSPS) is 17.3. The molecule has 2 nitrogen and oxygen atoms in total. The van der Waals surface area contributed by atoms with Gasteiger partial charge in [-0.1, -0.05) is 0 Å². The Morgan fingerprint density at radius 1 is 1.64 bits per heavy atom. The maximum atomic E-state index is 4.19. The average Bonchev–Trinajstić information content (AvgIpc) is 2.76. The third-order valence-corrected chi connectivity index (χ3v) is 2.26. The largest absolute Gasteiger partial charge is 0.269 e. The Kier molecular flexibility index (Phi) is 1.48. The fourth-order valence-corrected chi connectivity index (χ4v) is 1.55. The van der Waals surface area contributed by atoms with Crippen LogP contribution in [0.15, 0.2) is 0 Å². The fraction of sp³-hybridized carbons (Fsp3) is 0.667. The molecule has 1 aromatic heterocycles. The fourth-order valence-electron chi connectivity index (χ4n) is 1.55. The minimum atomic E-state index is 0.800. The molecule has 2 rings (SSSR count). The van der Waals surface area contributed by atoms with Gasteiger partial charge in [-0.3, -0.25) is 4.68 Å². The van der Waals surface area contributed by atoms with Gasteiger partial charge < -0.3 is 0 Å². The van der Waals surface area contributed by atoms with Gasteiger partial charge >= 0.3 is 0 Å². The molecule has 0 saturated heterocycles. The van der Waals surface area contributed by atoms with E-state index < -0.39 is 0 Å². The van der Waals surface area contributed by atoms with Crippen LogP contribution in [0, 0.1) is 13.1 Å². The van der Waals surface area contributed by atoms with Gasteiger partial charge in [0.1, 0.15) is 6.20 Å². The van der Waals surface area contributed by atoms with E-state index in [0.717, 1.165) is 12.5 Å². The Bertz CT molecular complexity index is 259. The lowest BCUT2D eigenvalue weighted by Gasteiger charge is -2.02. The van der Waals surface area contributed by atoms with Crippen molar-refractivity contribution in [1.82, 2.24) is 9.78 Å². The lowest BCUT2D eigenvalue weighted by atomic mass is 10.2. The van der Waals surface area contributed by atoms with Crippen molar-refractivity contribution in [3.63, 3.8) is 0 Å². The summed E-state index contributed by atoms with van der Waals surface area (Å²) in [4.78, 5) is 0. The van der Waals surface area contributed by atoms with E-state index in [1.807, 2.05) is 0 Å². The number of aryl methyl sites for hydroxylation is 2. The summed E-state index contributed by atoms with van der Waals surface area (Å²) in [6.45, 7) is 5.22. The van der Waals surface area contributed by atoms with E-state index in [9.17, 15) is 0 Å². The molecule has 0 spiro atoms. The van der Waals surface area contributed by atoms with Crippen LogP contribution < -0.4 is 0 Å². The molecule has 0 amide bonds. The van der Waals surface area contributed by atoms with Crippen LogP contribution in [-0.4, -0.2) is 9.78 Å². The molecule has 0 bridgehead atoms. The third kappa shape index (κ3) is 1.06. The molecule has 1 aromatic rings. The van der Waals surface area contributed by atoms with Gasteiger partial charge in [-0.15, -0.1) is 0 Å². The van der Waals surface area contributed by atoms with Crippen LogP contribution in [-0.2, 0) is 6.54 Å². The minimum absolute atomic E-state index is 0.800. The van der Waals surface area contributed by atoms with Crippen LogP contribution in [0.1, 0.15) is 36.9 Å². The summed E-state index contributed by atoms with van der Waals surface area (Å²) in [5, 5.41) is 4.19.